The van der Waals surface area contributed by atoms with E-state index in [1.807, 2.05) is 36.4 Å². The van der Waals surface area contributed by atoms with Crippen molar-refractivity contribution in [1.29, 1.82) is 0 Å². The van der Waals surface area contributed by atoms with E-state index in [1.54, 1.807) is 5.38 Å². The van der Waals surface area contributed by atoms with E-state index in [9.17, 15) is 18.0 Å². The number of anilines is 1. The predicted octanol–water partition coefficient (Wildman–Crippen LogP) is 4.21. The summed E-state index contributed by atoms with van der Waals surface area (Å²) in [6.45, 7) is 1.51. The van der Waals surface area contributed by atoms with E-state index in [0.29, 0.717) is 16.1 Å². The molecule has 0 aliphatic carbocycles. The average molecular weight is 430 g/mol. The van der Waals surface area contributed by atoms with Crippen LogP contribution in [0.1, 0.15) is 27.0 Å². The van der Waals surface area contributed by atoms with Crippen LogP contribution >= 0.6 is 11.3 Å². The average Bonchev–Trinajstić information content (AvgIpc) is 3.17. The number of sulfonamides is 1. The Kier molecular flexibility index (Phi) is 6.14. The van der Waals surface area contributed by atoms with Crippen LogP contribution in [0.15, 0.2) is 66.0 Å². The molecule has 1 N–H and O–H groups in total. The summed E-state index contributed by atoms with van der Waals surface area (Å²) in [5, 5.41) is 1.80. The van der Waals surface area contributed by atoms with Gasteiger partial charge in [0.25, 0.3) is 0 Å². The van der Waals surface area contributed by atoms with Crippen LogP contribution in [0.4, 0.5) is 5.69 Å². The van der Waals surface area contributed by atoms with Crippen LogP contribution in [0.2, 0.25) is 0 Å². The summed E-state index contributed by atoms with van der Waals surface area (Å²) in [6.07, 6.45) is 0.0592. The van der Waals surface area contributed by atoms with Gasteiger partial charge >= 0.3 is 5.97 Å². The molecule has 3 rings (SSSR count). The monoisotopic (exact) mass is 429 g/mol. The molecule has 6 nitrogen and oxygen atoms in total. The molecular weight excluding hydrogens is 410 g/mol. The number of hydrogen-bond acceptors (Lipinski definition) is 6. The van der Waals surface area contributed by atoms with Crippen LogP contribution < -0.4 is 4.72 Å². The number of rotatable bonds is 7. The number of carbonyl (C=O) groups excluding carboxylic acids is 2. The summed E-state index contributed by atoms with van der Waals surface area (Å²) in [5.74, 6) is -0.933. The molecule has 0 bridgehead atoms. The zero-order valence-electron chi connectivity index (χ0n) is 15.8. The first-order valence-electron chi connectivity index (χ1n) is 8.70. The first-order valence-corrected chi connectivity index (χ1v) is 11.5. The number of ketones is 1. The van der Waals surface area contributed by atoms with Crippen LogP contribution in [0.25, 0.3) is 11.1 Å². The maximum Gasteiger partial charge on any atom is 0.349 e. The van der Waals surface area contributed by atoms with Gasteiger partial charge < -0.3 is 4.74 Å². The number of benzene rings is 2. The lowest BCUT2D eigenvalue weighted by Gasteiger charge is -2.13. The number of nitrogens with one attached hydrogen (secondary N) is 1. The van der Waals surface area contributed by atoms with Crippen LogP contribution in [0.3, 0.4) is 0 Å². The third-order valence-corrected chi connectivity index (χ3v) is 5.56. The normalized spacial score (nSPS) is 12.2. The minimum Gasteiger partial charge on any atom is -0.450 e. The van der Waals surface area contributed by atoms with E-state index in [1.165, 1.54) is 42.5 Å². The number of carbonyl (C=O) groups is 2. The molecule has 8 heteroatoms. The summed E-state index contributed by atoms with van der Waals surface area (Å²) >= 11 is 1.26. The summed E-state index contributed by atoms with van der Waals surface area (Å²) < 4.78 is 30.2. The highest BCUT2D eigenvalue weighted by molar-refractivity contribution is 7.92. The Morgan fingerprint density at radius 3 is 2.28 bits per heavy atom. The first-order chi connectivity index (χ1) is 13.7. The second-order valence-electron chi connectivity index (χ2n) is 6.39. The standard InChI is InChI=1S/C21H19NO5S2/c1-14(19(23)16-8-10-17(11-9-16)22-29(2,25)26)27-21(24)20-18(12-13-28-20)15-6-4-3-5-7-15/h3-14,22H,1-2H3. The van der Waals surface area contributed by atoms with Crippen molar-refractivity contribution in [3.05, 3.63) is 76.5 Å². The molecular formula is C21H19NO5S2. The lowest BCUT2D eigenvalue weighted by molar-refractivity contribution is 0.0324. The van der Waals surface area contributed by atoms with Gasteiger partial charge in [0.2, 0.25) is 15.8 Å². The predicted molar refractivity (Wildman–Crippen MR) is 114 cm³/mol. The van der Waals surface area contributed by atoms with Crippen LogP contribution in [0, 0.1) is 0 Å². The summed E-state index contributed by atoms with van der Waals surface area (Å²) in [6, 6.07) is 17.3. The molecule has 1 aromatic heterocycles. The van der Waals surface area contributed by atoms with Crippen molar-refractivity contribution in [1.82, 2.24) is 0 Å². The van der Waals surface area contributed by atoms with Gasteiger partial charge in [0.15, 0.2) is 6.10 Å². The van der Waals surface area contributed by atoms with Gasteiger partial charge in [0.05, 0.1) is 6.26 Å². The van der Waals surface area contributed by atoms with Crippen molar-refractivity contribution >= 4 is 38.8 Å². The van der Waals surface area contributed by atoms with E-state index >= 15 is 0 Å². The largest absolute Gasteiger partial charge is 0.450 e. The van der Waals surface area contributed by atoms with Gasteiger partial charge in [-0.15, -0.1) is 11.3 Å². The van der Waals surface area contributed by atoms with Gasteiger partial charge in [-0.25, -0.2) is 13.2 Å². The Bertz CT molecular complexity index is 1120. The van der Waals surface area contributed by atoms with Crippen molar-refractivity contribution in [3.8, 4) is 11.1 Å². The van der Waals surface area contributed by atoms with E-state index in [2.05, 4.69) is 4.72 Å². The second kappa shape index (κ2) is 8.59. The van der Waals surface area contributed by atoms with Crippen molar-refractivity contribution in [2.45, 2.75) is 13.0 Å². The molecule has 0 amide bonds. The van der Waals surface area contributed by atoms with E-state index in [-0.39, 0.29) is 5.78 Å². The van der Waals surface area contributed by atoms with Crippen molar-refractivity contribution in [2.75, 3.05) is 11.0 Å². The molecule has 0 saturated carbocycles. The van der Waals surface area contributed by atoms with Gasteiger partial charge in [-0.1, -0.05) is 30.3 Å². The van der Waals surface area contributed by atoms with Gasteiger partial charge in [-0.05, 0) is 48.2 Å². The number of hydrogen-bond donors (Lipinski definition) is 1. The molecule has 1 atom stereocenters. The fourth-order valence-electron chi connectivity index (χ4n) is 2.73. The zero-order chi connectivity index (χ0) is 21.0. The lowest BCUT2D eigenvalue weighted by atomic mass is 10.1. The van der Waals surface area contributed by atoms with Crippen molar-refractivity contribution in [2.24, 2.45) is 0 Å². The number of thiophene rings is 1. The topological polar surface area (TPSA) is 89.5 Å². The maximum atomic E-state index is 12.6. The highest BCUT2D eigenvalue weighted by Crippen LogP contribution is 2.29. The van der Waals surface area contributed by atoms with Gasteiger partial charge in [0.1, 0.15) is 4.88 Å². The highest BCUT2D eigenvalue weighted by atomic mass is 32.2. The molecule has 1 unspecified atom stereocenters. The highest BCUT2D eigenvalue weighted by Gasteiger charge is 2.23. The maximum absolute atomic E-state index is 12.6. The van der Waals surface area contributed by atoms with Gasteiger partial charge in [-0.2, -0.15) is 0 Å². The molecule has 150 valence electrons. The van der Waals surface area contributed by atoms with Gasteiger partial charge in [-0.3, -0.25) is 9.52 Å². The van der Waals surface area contributed by atoms with Crippen LogP contribution in [-0.4, -0.2) is 32.5 Å². The molecule has 0 aliphatic heterocycles. The Labute approximate surface area is 173 Å². The lowest BCUT2D eigenvalue weighted by Crippen LogP contribution is -2.24. The fraction of sp³-hybridized carbons (Fsp3) is 0.143. The molecule has 0 spiro atoms. The summed E-state index contributed by atoms with van der Waals surface area (Å²) in [7, 11) is -3.40. The molecule has 1 heterocycles. The van der Waals surface area contributed by atoms with E-state index < -0.39 is 22.1 Å². The van der Waals surface area contributed by atoms with Crippen LogP contribution in [0.5, 0.6) is 0 Å². The van der Waals surface area contributed by atoms with Gasteiger partial charge in [0, 0.05) is 16.8 Å². The third kappa shape index (κ3) is 5.30. The Hall–Kier alpha value is -2.97. The minimum atomic E-state index is -3.40. The Morgan fingerprint density at radius 2 is 1.66 bits per heavy atom. The summed E-state index contributed by atoms with van der Waals surface area (Å²) in [5.41, 5.74) is 2.32. The summed E-state index contributed by atoms with van der Waals surface area (Å²) in [4.78, 5) is 25.6. The number of Topliss-reactive ketones (excluding diaryl/α,β-unsaturated/α-hetero) is 1. The zero-order valence-corrected chi connectivity index (χ0v) is 17.4. The Morgan fingerprint density at radius 1 is 1.00 bits per heavy atom. The van der Waals surface area contributed by atoms with Crippen LogP contribution in [-0.2, 0) is 14.8 Å². The molecule has 2 aromatic carbocycles. The fourth-order valence-corrected chi connectivity index (χ4v) is 4.09. The first kappa shape index (κ1) is 20.8. The van der Waals surface area contributed by atoms with E-state index in [0.717, 1.165) is 17.4 Å². The second-order valence-corrected chi connectivity index (χ2v) is 9.06. The molecule has 0 radical (unpaired) electrons. The Balaban J connectivity index is 1.70. The van der Waals surface area contributed by atoms with E-state index in [4.69, 9.17) is 4.74 Å². The van der Waals surface area contributed by atoms with Crippen molar-refractivity contribution < 1.29 is 22.7 Å². The minimum absolute atomic E-state index is 0.318. The quantitative estimate of drug-likeness (QED) is 0.449. The molecule has 0 saturated heterocycles. The number of ether oxygens (including phenoxy) is 1. The third-order valence-electron chi connectivity index (χ3n) is 4.06. The molecule has 0 aliphatic rings. The molecule has 29 heavy (non-hydrogen) atoms. The number of esters is 1. The molecule has 3 aromatic rings. The molecule has 0 fully saturated rings. The van der Waals surface area contributed by atoms with Crippen molar-refractivity contribution in [3.63, 3.8) is 0 Å². The SMILES string of the molecule is CC(OC(=O)c1sccc1-c1ccccc1)C(=O)c1ccc(NS(C)(=O)=O)cc1. The smallest absolute Gasteiger partial charge is 0.349 e.